The summed E-state index contributed by atoms with van der Waals surface area (Å²) in [5, 5.41) is 1.55. The van der Waals surface area contributed by atoms with Gasteiger partial charge in [0.15, 0.2) is 0 Å². The Bertz CT molecular complexity index is 125. The van der Waals surface area contributed by atoms with E-state index in [0.717, 1.165) is 18.7 Å². The molecule has 0 aliphatic carbocycles. The van der Waals surface area contributed by atoms with Crippen molar-refractivity contribution >= 4 is 5.84 Å². The lowest BCUT2D eigenvalue weighted by molar-refractivity contribution is 0.518. The SMILES string of the molecule is CCC(CC)/N=C(/C)N(C)N. The van der Waals surface area contributed by atoms with Crippen molar-refractivity contribution in [3.8, 4) is 0 Å². The molecule has 0 atom stereocenters. The van der Waals surface area contributed by atoms with Crippen molar-refractivity contribution in [1.82, 2.24) is 5.01 Å². The molecule has 11 heavy (non-hydrogen) atoms. The molecule has 0 saturated heterocycles. The summed E-state index contributed by atoms with van der Waals surface area (Å²) in [6.45, 7) is 6.21. The van der Waals surface area contributed by atoms with Gasteiger partial charge in [0.2, 0.25) is 0 Å². The van der Waals surface area contributed by atoms with E-state index in [2.05, 4.69) is 18.8 Å². The Balaban J connectivity index is 4.03. The molecule has 3 heteroatoms. The molecule has 0 spiro atoms. The number of hydrogen-bond donors (Lipinski definition) is 1. The zero-order valence-electron chi connectivity index (χ0n) is 7.96. The smallest absolute Gasteiger partial charge is 0.110 e. The molecule has 0 aromatic carbocycles. The molecule has 0 fully saturated rings. The van der Waals surface area contributed by atoms with Crippen molar-refractivity contribution in [2.75, 3.05) is 7.05 Å². The van der Waals surface area contributed by atoms with E-state index in [1.54, 1.807) is 12.1 Å². The predicted molar refractivity (Wildman–Crippen MR) is 49.4 cm³/mol. The van der Waals surface area contributed by atoms with Gasteiger partial charge < -0.3 is 5.01 Å². The minimum atomic E-state index is 0.431. The van der Waals surface area contributed by atoms with E-state index in [1.165, 1.54) is 0 Å². The Labute approximate surface area is 69.3 Å². The molecule has 0 saturated carbocycles. The van der Waals surface area contributed by atoms with E-state index in [4.69, 9.17) is 5.84 Å². The van der Waals surface area contributed by atoms with E-state index in [9.17, 15) is 0 Å². The first kappa shape index (κ1) is 10.4. The maximum atomic E-state index is 5.50. The molecule has 2 N–H and O–H groups in total. The largest absolute Gasteiger partial charge is 0.302 e. The normalized spacial score (nSPS) is 12.4. The van der Waals surface area contributed by atoms with Crippen LogP contribution < -0.4 is 5.84 Å². The number of rotatable bonds is 3. The molecule has 0 radical (unpaired) electrons. The number of nitrogens with zero attached hydrogens (tertiary/aromatic N) is 2. The molecule has 0 rings (SSSR count). The Hall–Kier alpha value is -0.570. The summed E-state index contributed by atoms with van der Waals surface area (Å²) in [7, 11) is 1.81. The average Bonchev–Trinajstić information content (AvgIpc) is 1.99. The van der Waals surface area contributed by atoms with Gasteiger partial charge in [0.1, 0.15) is 5.84 Å². The molecule has 0 unspecified atom stereocenters. The van der Waals surface area contributed by atoms with E-state index < -0.39 is 0 Å². The summed E-state index contributed by atoms with van der Waals surface area (Å²) < 4.78 is 0. The van der Waals surface area contributed by atoms with Crippen LogP contribution in [-0.4, -0.2) is 23.9 Å². The lowest BCUT2D eigenvalue weighted by atomic mass is 10.2. The predicted octanol–water partition coefficient (Wildman–Crippen LogP) is 1.40. The molecule has 0 heterocycles. The second kappa shape index (κ2) is 5.13. The third kappa shape index (κ3) is 3.98. The highest BCUT2D eigenvalue weighted by atomic mass is 15.4. The van der Waals surface area contributed by atoms with Crippen LogP contribution in [0, 0.1) is 0 Å². The van der Waals surface area contributed by atoms with Crippen molar-refractivity contribution in [1.29, 1.82) is 0 Å². The minimum Gasteiger partial charge on any atom is -0.302 e. The monoisotopic (exact) mass is 157 g/mol. The van der Waals surface area contributed by atoms with Gasteiger partial charge in [0.25, 0.3) is 0 Å². The van der Waals surface area contributed by atoms with Crippen LogP contribution in [0.5, 0.6) is 0 Å². The maximum Gasteiger partial charge on any atom is 0.110 e. The first-order valence-corrected chi connectivity index (χ1v) is 4.14. The van der Waals surface area contributed by atoms with Crippen LogP contribution in [0.4, 0.5) is 0 Å². The van der Waals surface area contributed by atoms with Crippen molar-refractivity contribution in [3.63, 3.8) is 0 Å². The van der Waals surface area contributed by atoms with Crippen LogP contribution in [-0.2, 0) is 0 Å². The van der Waals surface area contributed by atoms with Gasteiger partial charge in [-0.1, -0.05) is 13.8 Å². The topological polar surface area (TPSA) is 41.6 Å². The first-order valence-electron chi connectivity index (χ1n) is 4.14. The molecule has 0 aliphatic rings. The van der Waals surface area contributed by atoms with Crippen LogP contribution in [0.3, 0.4) is 0 Å². The molecule has 66 valence electrons. The lowest BCUT2D eigenvalue weighted by Gasteiger charge is -2.14. The van der Waals surface area contributed by atoms with Crippen molar-refractivity contribution in [3.05, 3.63) is 0 Å². The van der Waals surface area contributed by atoms with E-state index in [-0.39, 0.29) is 0 Å². The van der Waals surface area contributed by atoms with Crippen molar-refractivity contribution in [2.24, 2.45) is 10.8 Å². The second-order valence-electron chi connectivity index (χ2n) is 2.76. The van der Waals surface area contributed by atoms with Crippen molar-refractivity contribution < 1.29 is 0 Å². The van der Waals surface area contributed by atoms with Crippen molar-refractivity contribution in [2.45, 2.75) is 39.7 Å². The molecule has 0 bridgehead atoms. The first-order chi connectivity index (χ1) is 5.11. The van der Waals surface area contributed by atoms with E-state index in [1.807, 2.05) is 6.92 Å². The van der Waals surface area contributed by atoms with E-state index in [0.29, 0.717) is 6.04 Å². The fraction of sp³-hybridized carbons (Fsp3) is 0.875. The average molecular weight is 157 g/mol. The molecule has 0 aromatic rings. The van der Waals surface area contributed by atoms with Gasteiger partial charge in [-0.2, -0.15) is 0 Å². The van der Waals surface area contributed by atoms with Crippen LogP contribution in [0.2, 0.25) is 0 Å². The van der Waals surface area contributed by atoms with Crippen LogP contribution in [0.15, 0.2) is 4.99 Å². The van der Waals surface area contributed by atoms with Gasteiger partial charge >= 0.3 is 0 Å². The number of amidine groups is 1. The van der Waals surface area contributed by atoms with Gasteiger partial charge in [-0.05, 0) is 19.8 Å². The highest BCUT2D eigenvalue weighted by Crippen LogP contribution is 2.02. The van der Waals surface area contributed by atoms with Gasteiger partial charge in [0.05, 0.1) is 6.04 Å². The van der Waals surface area contributed by atoms with Gasteiger partial charge in [0, 0.05) is 7.05 Å². The third-order valence-electron chi connectivity index (χ3n) is 1.82. The Morgan fingerprint density at radius 3 is 2.18 bits per heavy atom. The van der Waals surface area contributed by atoms with Gasteiger partial charge in [-0.25, -0.2) is 5.84 Å². The molecule has 0 amide bonds. The standard InChI is InChI=1S/C8H19N3/c1-5-8(6-2)10-7(3)11(4)9/h8H,5-6,9H2,1-4H3/b10-7-. The van der Waals surface area contributed by atoms with Crippen LogP contribution >= 0.6 is 0 Å². The van der Waals surface area contributed by atoms with Crippen LogP contribution in [0.1, 0.15) is 33.6 Å². The summed E-state index contributed by atoms with van der Waals surface area (Å²) in [4.78, 5) is 4.43. The molecular weight excluding hydrogens is 138 g/mol. The summed E-state index contributed by atoms with van der Waals surface area (Å²) in [5.74, 6) is 6.40. The lowest BCUT2D eigenvalue weighted by Crippen LogP contribution is -2.32. The van der Waals surface area contributed by atoms with Gasteiger partial charge in [-0.15, -0.1) is 0 Å². The highest BCUT2D eigenvalue weighted by Gasteiger charge is 2.01. The fourth-order valence-electron chi connectivity index (χ4n) is 0.827. The third-order valence-corrected chi connectivity index (χ3v) is 1.82. The fourth-order valence-corrected chi connectivity index (χ4v) is 0.827. The summed E-state index contributed by atoms with van der Waals surface area (Å²) in [6, 6.07) is 0.431. The minimum absolute atomic E-state index is 0.431. The second-order valence-corrected chi connectivity index (χ2v) is 2.76. The molecule has 0 aromatic heterocycles. The summed E-state index contributed by atoms with van der Waals surface area (Å²) in [6.07, 6.45) is 2.17. The number of hydrogen-bond acceptors (Lipinski definition) is 2. The number of hydrazine groups is 1. The van der Waals surface area contributed by atoms with E-state index >= 15 is 0 Å². The zero-order chi connectivity index (χ0) is 8.85. The number of aliphatic imine (C=N–C) groups is 1. The maximum absolute atomic E-state index is 5.50. The highest BCUT2D eigenvalue weighted by molar-refractivity contribution is 5.78. The molecule has 0 aliphatic heterocycles. The molecular formula is C8H19N3. The Morgan fingerprint density at radius 1 is 1.45 bits per heavy atom. The van der Waals surface area contributed by atoms with Gasteiger partial charge in [-0.3, -0.25) is 4.99 Å². The Kier molecular flexibility index (Phi) is 4.86. The quantitative estimate of drug-likeness (QED) is 0.291. The molecule has 3 nitrogen and oxygen atoms in total. The number of nitrogens with two attached hydrogens (primary N) is 1. The summed E-state index contributed by atoms with van der Waals surface area (Å²) >= 11 is 0. The van der Waals surface area contributed by atoms with Crippen LogP contribution in [0.25, 0.3) is 0 Å². The summed E-state index contributed by atoms with van der Waals surface area (Å²) in [5.41, 5.74) is 0. The zero-order valence-corrected chi connectivity index (χ0v) is 7.96. The Morgan fingerprint density at radius 2 is 1.91 bits per heavy atom.